The average Bonchev–Trinajstić information content (AvgIpc) is 3.33. The molecule has 0 aromatic carbocycles. The molecule has 4 rings (SSSR count). The predicted octanol–water partition coefficient (Wildman–Crippen LogP) is 2.79. The number of rotatable bonds is 4. The van der Waals surface area contributed by atoms with Crippen molar-refractivity contribution < 1.29 is 0 Å². The summed E-state index contributed by atoms with van der Waals surface area (Å²) in [7, 11) is 0. The van der Waals surface area contributed by atoms with Crippen LogP contribution in [0.5, 0.6) is 0 Å². The number of hydrogen-bond donors (Lipinski definition) is 0. The Kier molecular flexibility index (Phi) is 2.92. The highest BCUT2D eigenvalue weighted by molar-refractivity contribution is 7.99. The Morgan fingerprint density at radius 2 is 2.00 bits per heavy atom. The van der Waals surface area contributed by atoms with Crippen LogP contribution in [0.4, 0.5) is 0 Å². The lowest BCUT2D eigenvalue weighted by atomic mass is 10.3. The van der Waals surface area contributed by atoms with Gasteiger partial charge in [-0.1, -0.05) is 11.6 Å². The van der Waals surface area contributed by atoms with Crippen LogP contribution in [0.3, 0.4) is 0 Å². The molecule has 0 atom stereocenters. The minimum Gasteiger partial charge on any atom is -0.225 e. The maximum atomic E-state index is 6.22. The summed E-state index contributed by atoms with van der Waals surface area (Å²) in [6.07, 6.45) is 4.61. The molecule has 0 unspecified atom stereocenters. The number of tetrazole rings is 1. The molecule has 0 amide bonds. The van der Waals surface area contributed by atoms with Crippen LogP contribution in [0, 0.1) is 6.92 Å². The van der Waals surface area contributed by atoms with Crippen molar-refractivity contribution in [1.29, 1.82) is 0 Å². The van der Waals surface area contributed by atoms with E-state index in [0.717, 1.165) is 47.3 Å². The van der Waals surface area contributed by atoms with Crippen molar-refractivity contribution in [2.45, 2.75) is 54.7 Å². The molecular formula is C12H13ClN6S. The summed E-state index contributed by atoms with van der Waals surface area (Å²) >= 11 is 7.70. The van der Waals surface area contributed by atoms with E-state index in [-0.39, 0.29) is 0 Å². The van der Waals surface area contributed by atoms with Crippen LogP contribution in [0.15, 0.2) is 10.2 Å². The van der Waals surface area contributed by atoms with Gasteiger partial charge < -0.3 is 0 Å². The summed E-state index contributed by atoms with van der Waals surface area (Å²) in [6.45, 7) is 1.94. The largest absolute Gasteiger partial charge is 0.225 e. The van der Waals surface area contributed by atoms with E-state index in [1.54, 1.807) is 0 Å². The normalized spacial score (nSPS) is 18.5. The van der Waals surface area contributed by atoms with Crippen molar-refractivity contribution in [2.24, 2.45) is 0 Å². The van der Waals surface area contributed by atoms with E-state index in [9.17, 15) is 0 Å². The summed E-state index contributed by atoms with van der Waals surface area (Å²) in [6, 6.07) is 0.452. The zero-order valence-corrected chi connectivity index (χ0v) is 12.5. The van der Waals surface area contributed by atoms with Crippen LogP contribution in [0.2, 0.25) is 5.15 Å². The van der Waals surface area contributed by atoms with Gasteiger partial charge in [0.15, 0.2) is 0 Å². The standard InChI is InChI=1S/C12H13ClN6S/c1-6-9(13)14-10(7-2-3-7)15-11(6)20-12-16-17-18-19(12)8-4-5-8/h7-8H,2-5H2,1H3. The van der Waals surface area contributed by atoms with Gasteiger partial charge in [0.25, 0.3) is 0 Å². The Hall–Kier alpha value is -1.21. The molecule has 20 heavy (non-hydrogen) atoms. The van der Waals surface area contributed by atoms with Crippen LogP contribution in [0.1, 0.15) is 49.0 Å². The summed E-state index contributed by atoms with van der Waals surface area (Å²) in [4.78, 5) is 9.03. The predicted molar refractivity (Wildman–Crippen MR) is 74.0 cm³/mol. The van der Waals surface area contributed by atoms with Crippen molar-refractivity contribution in [3.05, 3.63) is 16.5 Å². The molecule has 0 radical (unpaired) electrons. The van der Waals surface area contributed by atoms with Gasteiger partial charge in [0, 0.05) is 11.5 Å². The van der Waals surface area contributed by atoms with Crippen molar-refractivity contribution in [3.8, 4) is 0 Å². The van der Waals surface area contributed by atoms with E-state index >= 15 is 0 Å². The maximum Gasteiger partial charge on any atom is 0.215 e. The second-order valence-corrected chi connectivity index (χ2v) is 6.63. The second-order valence-electron chi connectivity index (χ2n) is 5.32. The van der Waals surface area contributed by atoms with Crippen LogP contribution in [0.25, 0.3) is 0 Å². The number of halogens is 1. The molecule has 0 bridgehead atoms. The molecule has 0 saturated heterocycles. The molecule has 2 saturated carbocycles. The van der Waals surface area contributed by atoms with Gasteiger partial charge in [-0.3, -0.25) is 0 Å². The Labute approximate surface area is 125 Å². The second kappa shape index (κ2) is 4.66. The van der Waals surface area contributed by atoms with Gasteiger partial charge in [0.05, 0.1) is 6.04 Å². The molecular weight excluding hydrogens is 296 g/mol. The summed E-state index contributed by atoms with van der Waals surface area (Å²) in [5.74, 6) is 1.33. The molecule has 2 heterocycles. The highest BCUT2D eigenvalue weighted by Gasteiger charge is 2.30. The minimum absolute atomic E-state index is 0.452. The molecule has 6 nitrogen and oxygen atoms in total. The molecule has 8 heteroatoms. The van der Waals surface area contributed by atoms with E-state index in [1.807, 2.05) is 11.6 Å². The van der Waals surface area contributed by atoms with Crippen LogP contribution < -0.4 is 0 Å². The maximum absolute atomic E-state index is 6.22. The Morgan fingerprint density at radius 1 is 1.20 bits per heavy atom. The number of aromatic nitrogens is 6. The third kappa shape index (κ3) is 2.29. The summed E-state index contributed by atoms with van der Waals surface area (Å²) in [5.41, 5.74) is 0.895. The van der Waals surface area contributed by atoms with Crippen LogP contribution in [-0.4, -0.2) is 30.2 Å². The fourth-order valence-corrected chi connectivity index (χ4v) is 3.15. The molecule has 2 aliphatic rings. The molecule has 0 aliphatic heterocycles. The third-order valence-electron chi connectivity index (χ3n) is 3.54. The first-order chi connectivity index (χ1) is 9.72. The van der Waals surface area contributed by atoms with Crippen LogP contribution >= 0.6 is 23.4 Å². The average molecular weight is 309 g/mol. The number of nitrogens with zero attached hydrogens (tertiary/aromatic N) is 6. The summed E-state index contributed by atoms with van der Waals surface area (Å²) < 4.78 is 1.89. The van der Waals surface area contributed by atoms with Gasteiger partial charge in [-0.2, -0.15) is 0 Å². The molecule has 2 aromatic heterocycles. The first kappa shape index (κ1) is 12.5. The molecule has 2 fully saturated rings. The Balaban J connectivity index is 1.68. The monoisotopic (exact) mass is 308 g/mol. The van der Waals surface area contributed by atoms with Gasteiger partial charge in [-0.25, -0.2) is 14.6 Å². The van der Waals surface area contributed by atoms with Crippen molar-refractivity contribution in [3.63, 3.8) is 0 Å². The highest BCUT2D eigenvalue weighted by Crippen LogP contribution is 2.42. The Morgan fingerprint density at radius 3 is 2.70 bits per heavy atom. The van der Waals surface area contributed by atoms with Gasteiger partial charge in [-0.05, 0) is 54.8 Å². The highest BCUT2D eigenvalue weighted by atomic mass is 35.5. The van der Waals surface area contributed by atoms with Gasteiger partial charge in [0.2, 0.25) is 5.16 Å². The minimum atomic E-state index is 0.452. The zero-order chi connectivity index (χ0) is 13.7. The zero-order valence-electron chi connectivity index (χ0n) is 11.0. The van der Waals surface area contributed by atoms with E-state index in [2.05, 4.69) is 25.5 Å². The lowest BCUT2D eigenvalue weighted by molar-refractivity contribution is 0.565. The topological polar surface area (TPSA) is 69.4 Å². The fourth-order valence-electron chi connectivity index (χ4n) is 2.00. The Bertz CT molecular complexity index is 664. The van der Waals surface area contributed by atoms with Crippen molar-refractivity contribution in [1.82, 2.24) is 30.2 Å². The SMILES string of the molecule is Cc1c(Cl)nc(C2CC2)nc1Sc1nnnn1C1CC1. The van der Waals surface area contributed by atoms with E-state index in [0.29, 0.717) is 17.1 Å². The van der Waals surface area contributed by atoms with Crippen LogP contribution in [-0.2, 0) is 0 Å². The first-order valence-electron chi connectivity index (χ1n) is 6.72. The third-order valence-corrected chi connectivity index (χ3v) is 4.95. The molecule has 104 valence electrons. The lowest BCUT2D eigenvalue weighted by Crippen LogP contribution is -2.02. The first-order valence-corrected chi connectivity index (χ1v) is 7.91. The number of hydrogen-bond acceptors (Lipinski definition) is 6. The fraction of sp³-hybridized carbons (Fsp3) is 0.583. The smallest absolute Gasteiger partial charge is 0.215 e. The lowest BCUT2D eigenvalue weighted by Gasteiger charge is -2.08. The van der Waals surface area contributed by atoms with Crippen molar-refractivity contribution >= 4 is 23.4 Å². The molecule has 0 N–H and O–H groups in total. The van der Waals surface area contributed by atoms with E-state index in [1.165, 1.54) is 11.8 Å². The van der Waals surface area contributed by atoms with E-state index in [4.69, 9.17) is 11.6 Å². The van der Waals surface area contributed by atoms with Gasteiger partial charge >= 0.3 is 0 Å². The van der Waals surface area contributed by atoms with Crippen molar-refractivity contribution in [2.75, 3.05) is 0 Å². The molecule has 2 aromatic rings. The molecule has 2 aliphatic carbocycles. The van der Waals surface area contributed by atoms with Gasteiger partial charge in [0.1, 0.15) is 16.0 Å². The summed E-state index contributed by atoms with van der Waals surface area (Å²) in [5, 5.41) is 14.1. The van der Waals surface area contributed by atoms with E-state index < -0.39 is 0 Å². The van der Waals surface area contributed by atoms with Gasteiger partial charge in [-0.15, -0.1) is 5.10 Å². The molecule has 0 spiro atoms. The quantitative estimate of drug-likeness (QED) is 0.809.